The molecule has 2 heterocycles. The number of hydrogen-bond donors (Lipinski definition) is 1. The van der Waals surface area contributed by atoms with Crippen LogP contribution in [0, 0.1) is 0 Å². The monoisotopic (exact) mass is 431 g/mol. The quantitative estimate of drug-likeness (QED) is 0.711. The molecule has 0 aliphatic carbocycles. The molecule has 0 amide bonds. The van der Waals surface area contributed by atoms with E-state index in [2.05, 4.69) is 55.4 Å². The number of fused-ring (bicyclic) bond motifs is 1. The van der Waals surface area contributed by atoms with Crippen molar-refractivity contribution < 1.29 is 9.47 Å². The van der Waals surface area contributed by atoms with Crippen LogP contribution in [0.15, 0.2) is 32.5 Å². The molecule has 0 radical (unpaired) electrons. The van der Waals surface area contributed by atoms with Crippen LogP contribution in [0.2, 0.25) is 0 Å². The van der Waals surface area contributed by atoms with Gasteiger partial charge in [-0.25, -0.2) is 0 Å². The third-order valence-electron chi connectivity index (χ3n) is 3.16. The van der Waals surface area contributed by atoms with Crippen LogP contribution in [0.4, 0.5) is 0 Å². The highest BCUT2D eigenvalue weighted by molar-refractivity contribution is 9.11. The standard InChI is InChI=1S/C15H15Br2NO2S/c16-12-7-10(8-13-15(12)20-6-5-19-13)9-18-4-3-11-1-2-14(17)21-11/h1-2,7-8,18H,3-6,9H2. The van der Waals surface area contributed by atoms with Crippen molar-refractivity contribution in [2.45, 2.75) is 13.0 Å². The highest BCUT2D eigenvalue weighted by Crippen LogP contribution is 2.38. The number of rotatable bonds is 5. The Bertz CT molecular complexity index is 630. The molecule has 3 nitrogen and oxygen atoms in total. The Morgan fingerprint density at radius 2 is 2.00 bits per heavy atom. The van der Waals surface area contributed by atoms with Crippen molar-refractivity contribution in [1.82, 2.24) is 5.32 Å². The highest BCUT2D eigenvalue weighted by Gasteiger charge is 2.16. The van der Waals surface area contributed by atoms with Gasteiger partial charge in [0.2, 0.25) is 0 Å². The first kappa shape index (κ1) is 15.3. The lowest BCUT2D eigenvalue weighted by molar-refractivity contribution is 0.170. The van der Waals surface area contributed by atoms with Crippen molar-refractivity contribution in [1.29, 1.82) is 0 Å². The highest BCUT2D eigenvalue weighted by atomic mass is 79.9. The van der Waals surface area contributed by atoms with Crippen LogP contribution in [-0.2, 0) is 13.0 Å². The summed E-state index contributed by atoms with van der Waals surface area (Å²) in [5.41, 5.74) is 1.19. The van der Waals surface area contributed by atoms with Crippen LogP contribution in [0.3, 0.4) is 0 Å². The van der Waals surface area contributed by atoms with E-state index in [-0.39, 0.29) is 0 Å². The van der Waals surface area contributed by atoms with Gasteiger partial charge >= 0.3 is 0 Å². The predicted octanol–water partition coefficient (Wildman–Crippen LogP) is 4.38. The molecule has 0 spiro atoms. The van der Waals surface area contributed by atoms with E-state index in [9.17, 15) is 0 Å². The Kier molecular flexibility index (Phi) is 5.21. The molecule has 21 heavy (non-hydrogen) atoms. The lowest BCUT2D eigenvalue weighted by Gasteiger charge is -2.20. The van der Waals surface area contributed by atoms with Gasteiger partial charge in [0.15, 0.2) is 11.5 Å². The molecular formula is C15H15Br2NO2S. The number of hydrogen-bond acceptors (Lipinski definition) is 4. The fourth-order valence-electron chi connectivity index (χ4n) is 2.20. The Morgan fingerprint density at radius 1 is 1.14 bits per heavy atom. The summed E-state index contributed by atoms with van der Waals surface area (Å²) < 4.78 is 13.4. The first-order chi connectivity index (χ1) is 10.2. The average molecular weight is 433 g/mol. The molecule has 1 N–H and O–H groups in total. The van der Waals surface area contributed by atoms with Crippen LogP contribution in [0.1, 0.15) is 10.4 Å². The molecule has 0 unspecified atom stereocenters. The van der Waals surface area contributed by atoms with Gasteiger partial charge in [0, 0.05) is 18.0 Å². The van der Waals surface area contributed by atoms with E-state index in [0.717, 1.165) is 35.5 Å². The summed E-state index contributed by atoms with van der Waals surface area (Å²) >= 11 is 8.82. The summed E-state index contributed by atoms with van der Waals surface area (Å²) in [5.74, 6) is 1.64. The lowest BCUT2D eigenvalue weighted by atomic mass is 10.2. The summed E-state index contributed by atoms with van der Waals surface area (Å²) in [6.07, 6.45) is 1.04. The molecule has 112 valence electrons. The molecule has 1 aliphatic heterocycles. The zero-order valence-electron chi connectivity index (χ0n) is 11.3. The van der Waals surface area contributed by atoms with Gasteiger partial charge in [0.25, 0.3) is 0 Å². The Balaban J connectivity index is 1.54. The smallest absolute Gasteiger partial charge is 0.175 e. The maximum atomic E-state index is 5.64. The second-order valence-corrected chi connectivity index (χ2v) is 8.14. The van der Waals surface area contributed by atoms with Crippen LogP contribution in [0.5, 0.6) is 11.5 Å². The number of thiophene rings is 1. The molecule has 3 rings (SSSR count). The summed E-state index contributed by atoms with van der Waals surface area (Å²) in [5, 5.41) is 3.47. The fourth-order valence-corrected chi connectivity index (χ4v) is 4.28. The first-order valence-corrected chi connectivity index (χ1v) is 9.15. The number of benzene rings is 1. The van der Waals surface area contributed by atoms with Crippen LogP contribution < -0.4 is 14.8 Å². The summed E-state index contributed by atoms with van der Waals surface area (Å²) in [4.78, 5) is 1.39. The molecule has 1 aromatic heterocycles. The average Bonchev–Trinajstić information content (AvgIpc) is 2.89. The molecule has 0 saturated heterocycles. The third-order valence-corrected chi connectivity index (χ3v) is 5.44. The second kappa shape index (κ2) is 7.13. The van der Waals surface area contributed by atoms with Gasteiger partial charge < -0.3 is 14.8 Å². The van der Waals surface area contributed by atoms with Gasteiger partial charge in [-0.2, -0.15) is 0 Å². The largest absolute Gasteiger partial charge is 0.486 e. The van der Waals surface area contributed by atoms with E-state index in [1.54, 1.807) is 11.3 Å². The van der Waals surface area contributed by atoms with Crippen molar-refractivity contribution in [2.75, 3.05) is 19.8 Å². The lowest BCUT2D eigenvalue weighted by Crippen LogP contribution is -2.18. The van der Waals surface area contributed by atoms with Crippen molar-refractivity contribution in [3.8, 4) is 11.5 Å². The van der Waals surface area contributed by atoms with Gasteiger partial charge in [-0.05, 0) is 68.1 Å². The topological polar surface area (TPSA) is 30.5 Å². The second-order valence-electron chi connectivity index (χ2n) is 4.73. The van der Waals surface area contributed by atoms with E-state index in [0.29, 0.717) is 13.2 Å². The molecule has 6 heteroatoms. The van der Waals surface area contributed by atoms with Crippen LogP contribution in [0.25, 0.3) is 0 Å². The summed E-state index contributed by atoms with van der Waals surface area (Å²) in [6, 6.07) is 8.39. The Morgan fingerprint density at radius 3 is 2.81 bits per heavy atom. The van der Waals surface area contributed by atoms with Gasteiger partial charge in [-0.3, -0.25) is 0 Å². The zero-order valence-corrected chi connectivity index (χ0v) is 15.3. The van der Waals surface area contributed by atoms with Gasteiger partial charge in [0.05, 0.1) is 8.26 Å². The minimum atomic E-state index is 0.611. The minimum absolute atomic E-state index is 0.611. The van der Waals surface area contributed by atoms with Crippen molar-refractivity contribution in [2.24, 2.45) is 0 Å². The van der Waals surface area contributed by atoms with Crippen LogP contribution >= 0.6 is 43.2 Å². The van der Waals surface area contributed by atoms with Gasteiger partial charge in [-0.1, -0.05) is 0 Å². The van der Waals surface area contributed by atoms with E-state index in [1.807, 2.05) is 6.07 Å². The predicted molar refractivity (Wildman–Crippen MR) is 92.6 cm³/mol. The van der Waals surface area contributed by atoms with Gasteiger partial charge in [0.1, 0.15) is 13.2 Å². The molecule has 1 aromatic carbocycles. The van der Waals surface area contributed by atoms with E-state index in [1.165, 1.54) is 14.2 Å². The van der Waals surface area contributed by atoms with Crippen molar-refractivity contribution >= 4 is 43.2 Å². The first-order valence-electron chi connectivity index (χ1n) is 6.75. The van der Waals surface area contributed by atoms with E-state index >= 15 is 0 Å². The Hall–Kier alpha value is -0.560. The number of ether oxygens (including phenoxy) is 2. The number of nitrogens with one attached hydrogen (secondary N) is 1. The maximum Gasteiger partial charge on any atom is 0.175 e. The van der Waals surface area contributed by atoms with Crippen molar-refractivity contribution in [3.63, 3.8) is 0 Å². The molecule has 0 saturated carbocycles. The summed E-state index contributed by atoms with van der Waals surface area (Å²) in [6.45, 7) is 3.00. The van der Waals surface area contributed by atoms with Crippen LogP contribution in [-0.4, -0.2) is 19.8 Å². The SMILES string of the molecule is Brc1ccc(CCNCc2cc(Br)c3c(c2)OCCO3)s1. The molecular weight excluding hydrogens is 418 g/mol. The van der Waals surface area contributed by atoms with Gasteiger partial charge in [-0.15, -0.1) is 11.3 Å². The summed E-state index contributed by atoms with van der Waals surface area (Å²) in [7, 11) is 0. The number of halogens is 2. The molecule has 0 fully saturated rings. The molecule has 0 bridgehead atoms. The van der Waals surface area contributed by atoms with E-state index in [4.69, 9.17) is 9.47 Å². The molecule has 1 aliphatic rings. The molecule has 2 aromatic rings. The maximum absolute atomic E-state index is 5.64. The van der Waals surface area contributed by atoms with E-state index < -0.39 is 0 Å². The third kappa shape index (κ3) is 4.00. The van der Waals surface area contributed by atoms with Crippen molar-refractivity contribution in [3.05, 3.63) is 43.0 Å². The zero-order chi connectivity index (χ0) is 14.7. The fraction of sp³-hybridized carbons (Fsp3) is 0.333. The minimum Gasteiger partial charge on any atom is -0.486 e. The normalized spacial score (nSPS) is 13.4. The molecule has 0 atom stereocenters. The Labute approximate surface area is 144 Å².